The molecule has 0 bridgehead atoms. The van der Waals surface area contributed by atoms with E-state index in [1.165, 1.54) is 6.20 Å². The third kappa shape index (κ3) is 4.32. The lowest BCUT2D eigenvalue weighted by molar-refractivity contribution is 0.0940. The highest BCUT2D eigenvalue weighted by molar-refractivity contribution is 9.10. The Hall–Kier alpha value is -1.39. The smallest absolute Gasteiger partial charge is 0.253 e. The first kappa shape index (κ1) is 15.0. The largest absolute Gasteiger partial charge is 0.348 e. The van der Waals surface area contributed by atoms with Crippen molar-refractivity contribution in [1.82, 2.24) is 10.3 Å². The van der Waals surface area contributed by atoms with Crippen molar-refractivity contribution >= 4 is 33.4 Å². The first-order valence-electron chi connectivity index (χ1n) is 6.20. The molecule has 0 spiro atoms. The van der Waals surface area contributed by atoms with Gasteiger partial charge >= 0.3 is 0 Å². The Kier molecular flexibility index (Phi) is 5.56. The summed E-state index contributed by atoms with van der Waals surface area (Å²) in [5, 5.41) is 2.93. The molecule has 1 atom stereocenters. The normalized spacial score (nSPS) is 11.9. The van der Waals surface area contributed by atoms with Crippen molar-refractivity contribution in [1.29, 1.82) is 0 Å². The molecule has 3 nitrogen and oxygen atoms in total. The molecule has 0 saturated carbocycles. The number of nitrogens with zero attached hydrogens (tertiary/aromatic N) is 1. The van der Waals surface area contributed by atoms with Crippen molar-refractivity contribution in [2.45, 2.75) is 12.5 Å². The van der Waals surface area contributed by atoms with E-state index in [4.69, 9.17) is 11.6 Å². The SMILES string of the molecule is O=C(NC(CCl)Cc1ccccc1)c1cncc(Br)c1. The van der Waals surface area contributed by atoms with Crippen LogP contribution in [0.3, 0.4) is 0 Å². The summed E-state index contributed by atoms with van der Waals surface area (Å²) in [6, 6.07) is 11.6. The average Bonchev–Trinajstić information content (AvgIpc) is 2.47. The van der Waals surface area contributed by atoms with E-state index in [9.17, 15) is 4.79 Å². The zero-order valence-corrected chi connectivity index (χ0v) is 13.1. The number of carbonyl (C=O) groups excluding carboxylic acids is 1. The van der Waals surface area contributed by atoms with E-state index < -0.39 is 0 Å². The predicted molar refractivity (Wildman–Crippen MR) is 84.1 cm³/mol. The van der Waals surface area contributed by atoms with Gasteiger partial charge in [-0.2, -0.15) is 0 Å². The minimum Gasteiger partial charge on any atom is -0.348 e. The Morgan fingerprint density at radius 2 is 2.05 bits per heavy atom. The number of hydrogen-bond donors (Lipinski definition) is 1. The monoisotopic (exact) mass is 352 g/mol. The zero-order valence-electron chi connectivity index (χ0n) is 10.7. The Morgan fingerprint density at radius 3 is 2.70 bits per heavy atom. The maximum absolute atomic E-state index is 12.1. The molecule has 20 heavy (non-hydrogen) atoms. The number of hydrogen-bond acceptors (Lipinski definition) is 2. The van der Waals surface area contributed by atoms with Crippen LogP contribution in [0.15, 0.2) is 53.3 Å². The fourth-order valence-electron chi connectivity index (χ4n) is 1.85. The van der Waals surface area contributed by atoms with Crippen LogP contribution in [0.4, 0.5) is 0 Å². The van der Waals surface area contributed by atoms with Crippen molar-refractivity contribution in [2.75, 3.05) is 5.88 Å². The van der Waals surface area contributed by atoms with Crippen LogP contribution in [0.1, 0.15) is 15.9 Å². The molecule has 0 saturated heterocycles. The molecular formula is C15H14BrClN2O. The lowest BCUT2D eigenvalue weighted by Gasteiger charge is -2.16. The van der Waals surface area contributed by atoms with Crippen molar-refractivity contribution in [3.05, 3.63) is 64.4 Å². The standard InChI is InChI=1S/C15H14BrClN2O/c16-13-7-12(9-18-10-13)15(20)19-14(8-17)6-11-4-2-1-3-5-11/h1-5,7,9-10,14H,6,8H2,(H,19,20). The van der Waals surface area contributed by atoms with Crippen molar-refractivity contribution in [3.8, 4) is 0 Å². The van der Waals surface area contributed by atoms with Gasteiger partial charge in [-0.3, -0.25) is 9.78 Å². The number of rotatable bonds is 5. The highest BCUT2D eigenvalue weighted by Crippen LogP contribution is 2.10. The fourth-order valence-corrected chi connectivity index (χ4v) is 2.40. The molecule has 2 rings (SSSR count). The van der Waals surface area contributed by atoms with E-state index in [-0.39, 0.29) is 11.9 Å². The summed E-state index contributed by atoms with van der Waals surface area (Å²) >= 11 is 9.24. The maximum atomic E-state index is 12.1. The van der Waals surface area contributed by atoms with E-state index in [0.29, 0.717) is 17.9 Å². The second-order valence-corrected chi connectivity index (χ2v) is 5.63. The molecule has 0 fully saturated rings. The topological polar surface area (TPSA) is 42.0 Å². The van der Waals surface area contributed by atoms with Gasteiger partial charge < -0.3 is 5.32 Å². The van der Waals surface area contributed by atoms with E-state index in [1.807, 2.05) is 30.3 Å². The molecule has 2 aromatic rings. The summed E-state index contributed by atoms with van der Waals surface area (Å²) in [6.45, 7) is 0. The lowest BCUT2D eigenvalue weighted by Crippen LogP contribution is -2.37. The molecule has 5 heteroatoms. The van der Waals surface area contributed by atoms with Crippen LogP contribution in [0.2, 0.25) is 0 Å². The van der Waals surface area contributed by atoms with Crippen LogP contribution in [-0.4, -0.2) is 22.8 Å². The molecular weight excluding hydrogens is 340 g/mol. The van der Waals surface area contributed by atoms with E-state index in [1.54, 1.807) is 12.3 Å². The first-order valence-corrected chi connectivity index (χ1v) is 7.53. The minimum absolute atomic E-state index is 0.106. The molecule has 1 amide bonds. The molecule has 1 aromatic carbocycles. The van der Waals surface area contributed by atoms with Gasteiger partial charge in [0, 0.05) is 28.8 Å². The summed E-state index contributed by atoms with van der Waals surface area (Å²) in [5.74, 6) is 0.197. The quantitative estimate of drug-likeness (QED) is 0.837. The van der Waals surface area contributed by atoms with Crippen LogP contribution < -0.4 is 5.32 Å². The first-order chi connectivity index (χ1) is 9.69. The number of halogens is 2. The van der Waals surface area contributed by atoms with Gasteiger partial charge in [0.2, 0.25) is 0 Å². The number of alkyl halides is 1. The van der Waals surface area contributed by atoms with Crippen molar-refractivity contribution < 1.29 is 4.79 Å². The predicted octanol–water partition coefficient (Wildman–Crippen LogP) is 3.42. The third-order valence-electron chi connectivity index (χ3n) is 2.81. The van der Waals surface area contributed by atoms with E-state index >= 15 is 0 Å². The van der Waals surface area contributed by atoms with E-state index in [2.05, 4.69) is 26.2 Å². The molecule has 1 heterocycles. The molecule has 1 N–H and O–H groups in total. The molecule has 0 aliphatic heterocycles. The Balaban J connectivity index is 2.01. The summed E-state index contributed by atoms with van der Waals surface area (Å²) in [6.07, 6.45) is 3.88. The Morgan fingerprint density at radius 1 is 1.30 bits per heavy atom. The van der Waals surface area contributed by atoms with Gasteiger partial charge in [-0.05, 0) is 34.0 Å². The van der Waals surface area contributed by atoms with Gasteiger partial charge in [-0.1, -0.05) is 30.3 Å². The van der Waals surface area contributed by atoms with Gasteiger partial charge in [0.1, 0.15) is 0 Å². The van der Waals surface area contributed by atoms with Crippen LogP contribution in [-0.2, 0) is 6.42 Å². The minimum atomic E-state index is -0.166. The molecule has 0 aliphatic rings. The lowest BCUT2D eigenvalue weighted by atomic mass is 10.1. The number of pyridine rings is 1. The Labute approximate surface area is 131 Å². The summed E-state index contributed by atoms with van der Waals surface area (Å²) in [4.78, 5) is 16.1. The number of benzene rings is 1. The average molecular weight is 354 g/mol. The van der Waals surface area contributed by atoms with Gasteiger partial charge in [0.15, 0.2) is 0 Å². The van der Waals surface area contributed by atoms with Crippen LogP contribution in [0.5, 0.6) is 0 Å². The molecule has 1 unspecified atom stereocenters. The second kappa shape index (κ2) is 7.41. The highest BCUT2D eigenvalue weighted by atomic mass is 79.9. The van der Waals surface area contributed by atoms with Crippen LogP contribution in [0.25, 0.3) is 0 Å². The van der Waals surface area contributed by atoms with Gasteiger partial charge in [-0.15, -0.1) is 11.6 Å². The second-order valence-electron chi connectivity index (χ2n) is 4.41. The summed E-state index contributed by atoms with van der Waals surface area (Å²) < 4.78 is 0.774. The molecule has 1 aromatic heterocycles. The molecule has 104 valence electrons. The van der Waals surface area contributed by atoms with E-state index in [0.717, 1.165) is 10.0 Å². The van der Waals surface area contributed by atoms with Crippen molar-refractivity contribution in [3.63, 3.8) is 0 Å². The Bertz CT molecular complexity index is 577. The maximum Gasteiger partial charge on any atom is 0.253 e. The van der Waals surface area contributed by atoms with Gasteiger partial charge in [0.05, 0.1) is 5.56 Å². The third-order valence-corrected chi connectivity index (χ3v) is 3.62. The number of aromatic nitrogens is 1. The number of amides is 1. The fraction of sp³-hybridized carbons (Fsp3) is 0.200. The van der Waals surface area contributed by atoms with Crippen LogP contribution >= 0.6 is 27.5 Å². The van der Waals surface area contributed by atoms with Gasteiger partial charge in [-0.25, -0.2) is 0 Å². The summed E-state index contributed by atoms with van der Waals surface area (Å²) in [5.41, 5.74) is 1.66. The van der Waals surface area contributed by atoms with Crippen LogP contribution in [0, 0.1) is 0 Å². The number of carbonyl (C=O) groups is 1. The van der Waals surface area contributed by atoms with Gasteiger partial charge in [0.25, 0.3) is 5.91 Å². The van der Waals surface area contributed by atoms with Crippen molar-refractivity contribution in [2.24, 2.45) is 0 Å². The molecule has 0 aliphatic carbocycles. The highest BCUT2D eigenvalue weighted by Gasteiger charge is 2.14. The number of nitrogens with one attached hydrogen (secondary N) is 1. The zero-order chi connectivity index (χ0) is 14.4. The molecule has 0 radical (unpaired) electrons. The summed E-state index contributed by atoms with van der Waals surface area (Å²) in [7, 11) is 0.